The molecular weight excluding hydrogens is 528 g/mol. The van der Waals surface area contributed by atoms with Crippen molar-refractivity contribution < 1.29 is 4.74 Å². The topological polar surface area (TPSA) is 77.6 Å². The highest BCUT2D eigenvalue weighted by molar-refractivity contribution is 8.14. The highest BCUT2D eigenvalue weighted by atomic mass is 32.2. The summed E-state index contributed by atoms with van der Waals surface area (Å²) in [7, 11) is 0. The number of nitrogens with zero attached hydrogens (tertiary/aromatic N) is 3. The number of aromatic amines is 1. The zero-order valence-corrected chi connectivity index (χ0v) is 24.4. The summed E-state index contributed by atoms with van der Waals surface area (Å²) in [5.74, 6) is 2.61. The van der Waals surface area contributed by atoms with Gasteiger partial charge in [-0.2, -0.15) is 0 Å². The third-order valence-electron chi connectivity index (χ3n) is 8.88. The Labute approximate surface area is 246 Å². The summed E-state index contributed by atoms with van der Waals surface area (Å²) >= 11 is 1.85. The maximum atomic E-state index is 6.30. The number of benzene rings is 2. The fourth-order valence-corrected chi connectivity index (χ4v) is 7.75. The molecule has 0 amide bonds. The molecule has 2 aliphatic heterocycles. The van der Waals surface area contributed by atoms with Gasteiger partial charge < -0.3 is 20.4 Å². The number of hydrogen-bond acceptors (Lipinski definition) is 7. The lowest BCUT2D eigenvalue weighted by Crippen LogP contribution is -2.58. The van der Waals surface area contributed by atoms with Crippen molar-refractivity contribution in [2.24, 2.45) is 4.99 Å². The van der Waals surface area contributed by atoms with Gasteiger partial charge in [-0.3, -0.25) is 14.9 Å². The second-order valence-corrected chi connectivity index (χ2v) is 12.5. The first kappa shape index (κ1) is 26.6. The van der Waals surface area contributed by atoms with Crippen LogP contribution in [-0.4, -0.2) is 63.9 Å². The van der Waals surface area contributed by atoms with Crippen LogP contribution in [0.5, 0.6) is 11.5 Å². The number of aromatic nitrogens is 2. The van der Waals surface area contributed by atoms with Crippen LogP contribution in [0.2, 0.25) is 0 Å². The van der Waals surface area contributed by atoms with Gasteiger partial charge in [-0.05, 0) is 56.2 Å². The van der Waals surface area contributed by atoms with E-state index in [0.717, 1.165) is 76.5 Å². The van der Waals surface area contributed by atoms with E-state index in [1.807, 2.05) is 54.4 Å². The zero-order valence-electron chi connectivity index (χ0n) is 23.6. The van der Waals surface area contributed by atoms with E-state index in [-0.39, 0.29) is 11.6 Å². The Morgan fingerprint density at radius 2 is 1.78 bits per heavy atom. The van der Waals surface area contributed by atoms with E-state index in [2.05, 4.69) is 57.8 Å². The molecule has 0 spiro atoms. The van der Waals surface area contributed by atoms with Gasteiger partial charge in [-0.1, -0.05) is 37.1 Å². The minimum absolute atomic E-state index is 0.106. The number of piperazine rings is 1. The van der Waals surface area contributed by atoms with Crippen molar-refractivity contribution in [1.29, 1.82) is 0 Å². The molecule has 1 unspecified atom stereocenters. The molecule has 1 saturated carbocycles. The summed E-state index contributed by atoms with van der Waals surface area (Å²) in [6.45, 7) is 6.30. The van der Waals surface area contributed by atoms with Crippen molar-refractivity contribution in [3.05, 3.63) is 84.3 Å². The van der Waals surface area contributed by atoms with Crippen LogP contribution in [0.1, 0.15) is 44.0 Å². The number of nitrogens with one attached hydrogen (secondary N) is 3. The molecule has 0 radical (unpaired) electrons. The minimum atomic E-state index is -0.268. The Morgan fingerprint density at radius 3 is 2.56 bits per heavy atom. The second-order valence-electron chi connectivity index (χ2n) is 11.5. The molecule has 3 aliphatic rings. The molecule has 7 rings (SSSR count). The molecule has 4 aromatic rings. The van der Waals surface area contributed by atoms with Crippen LogP contribution < -0.4 is 15.4 Å². The fraction of sp³-hybridized carbons (Fsp3) is 0.394. The highest BCUT2D eigenvalue weighted by Gasteiger charge is 2.45. The number of H-pyrrole nitrogens is 1. The first-order valence-corrected chi connectivity index (χ1v) is 15.9. The van der Waals surface area contributed by atoms with Gasteiger partial charge in [0.15, 0.2) is 0 Å². The predicted molar refractivity (Wildman–Crippen MR) is 170 cm³/mol. The van der Waals surface area contributed by atoms with Gasteiger partial charge in [0.25, 0.3) is 0 Å². The van der Waals surface area contributed by atoms with E-state index in [4.69, 9.17) is 14.7 Å². The number of fused-ring (bicyclic) bond motifs is 1. The molecule has 8 heteroatoms. The van der Waals surface area contributed by atoms with E-state index in [0.29, 0.717) is 6.04 Å². The van der Waals surface area contributed by atoms with Crippen molar-refractivity contribution in [1.82, 2.24) is 20.2 Å². The number of anilines is 1. The minimum Gasteiger partial charge on any atom is -0.457 e. The largest absolute Gasteiger partial charge is 0.457 e. The maximum absolute atomic E-state index is 6.30. The molecule has 0 bridgehead atoms. The van der Waals surface area contributed by atoms with E-state index in [1.165, 1.54) is 25.7 Å². The summed E-state index contributed by atoms with van der Waals surface area (Å²) in [6, 6.07) is 23.4. The monoisotopic (exact) mass is 566 g/mol. The number of hydrogen-bond donors (Lipinski definition) is 3. The quantitative estimate of drug-likeness (QED) is 0.229. The maximum Gasteiger partial charge on any atom is 0.130 e. The Hall–Kier alpha value is -3.33. The molecule has 3 N–H and O–H groups in total. The molecule has 41 heavy (non-hydrogen) atoms. The number of ether oxygens (including phenoxy) is 1. The average Bonchev–Trinajstić information content (AvgIpc) is 3.80. The van der Waals surface area contributed by atoms with Crippen molar-refractivity contribution in [2.75, 3.05) is 37.2 Å². The van der Waals surface area contributed by atoms with Gasteiger partial charge in [0.1, 0.15) is 16.5 Å². The van der Waals surface area contributed by atoms with Gasteiger partial charge in [-0.25, -0.2) is 0 Å². The van der Waals surface area contributed by atoms with Gasteiger partial charge >= 0.3 is 0 Å². The highest BCUT2D eigenvalue weighted by Crippen LogP contribution is 2.40. The summed E-state index contributed by atoms with van der Waals surface area (Å²) in [6.07, 6.45) is 6.90. The lowest BCUT2D eigenvalue weighted by molar-refractivity contribution is 0.0664. The molecule has 2 fully saturated rings. The first-order chi connectivity index (χ1) is 20.2. The SMILES string of the molecule is C[C@@](c1ccccn1)(C1CSC(c2cc3cc(Oc4ccccc4)cc(NC4CCCC4)c3[nH]2)=N1)N1CCNCC1. The number of pyridine rings is 1. The van der Waals surface area contributed by atoms with E-state index < -0.39 is 0 Å². The van der Waals surface area contributed by atoms with Crippen molar-refractivity contribution in [2.45, 2.75) is 50.2 Å². The average molecular weight is 567 g/mol. The van der Waals surface area contributed by atoms with Crippen LogP contribution in [0.15, 0.2) is 77.9 Å². The fourth-order valence-electron chi connectivity index (χ4n) is 6.56. The third kappa shape index (κ3) is 5.36. The molecule has 212 valence electrons. The summed E-state index contributed by atoms with van der Waals surface area (Å²) < 4.78 is 6.30. The molecule has 7 nitrogen and oxygen atoms in total. The molecule has 2 aromatic carbocycles. The van der Waals surface area contributed by atoms with E-state index >= 15 is 0 Å². The predicted octanol–water partition coefficient (Wildman–Crippen LogP) is 6.39. The Balaban J connectivity index is 1.24. The van der Waals surface area contributed by atoms with Gasteiger partial charge in [0.05, 0.1) is 34.2 Å². The Morgan fingerprint density at radius 1 is 0.976 bits per heavy atom. The van der Waals surface area contributed by atoms with Gasteiger partial charge in [-0.15, -0.1) is 11.8 Å². The molecule has 2 atom stereocenters. The second kappa shape index (κ2) is 11.5. The molecule has 1 aliphatic carbocycles. The van der Waals surface area contributed by atoms with E-state index in [9.17, 15) is 0 Å². The van der Waals surface area contributed by atoms with Crippen LogP contribution in [0.3, 0.4) is 0 Å². The zero-order chi connectivity index (χ0) is 27.6. The molecule has 1 saturated heterocycles. The van der Waals surface area contributed by atoms with Crippen LogP contribution >= 0.6 is 11.8 Å². The van der Waals surface area contributed by atoms with Gasteiger partial charge in [0.2, 0.25) is 0 Å². The number of thioether (sulfide) groups is 1. The molecule has 4 heterocycles. The standard InChI is InChI=1S/C33H38N6OS/c1-33(29-13-7-8-14-35-29,39-17-15-34-16-18-39)30-22-41-32(38-30)28-20-23-19-26(40-25-11-3-2-4-12-25)21-27(31(23)37-28)36-24-9-5-6-10-24/h2-4,7-8,11-14,19-21,24,30,34,36-37H,5-6,9-10,15-18,22H2,1H3/t30?,33-/m1/s1. The number of rotatable bonds is 8. The van der Waals surface area contributed by atoms with Crippen LogP contribution in [0.25, 0.3) is 10.9 Å². The Kier molecular flexibility index (Phi) is 7.46. The van der Waals surface area contributed by atoms with E-state index in [1.54, 1.807) is 0 Å². The number of para-hydroxylation sites is 1. The van der Waals surface area contributed by atoms with Gasteiger partial charge in [0, 0.05) is 55.6 Å². The van der Waals surface area contributed by atoms with Crippen molar-refractivity contribution in [3.63, 3.8) is 0 Å². The van der Waals surface area contributed by atoms with Crippen molar-refractivity contribution in [3.8, 4) is 11.5 Å². The van der Waals surface area contributed by atoms with Crippen LogP contribution in [0.4, 0.5) is 5.69 Å². The van der Waals surface area contributed by atoms with Crippen LogP contribution in [0, 0.1) is 0 Å². The molecular formula is C33H38N6OS. The lowest BCUT2D eigenvalue weighted by atomic mass is 9.86. The normalized spacial score (nSPS) is 21.6. The summed E-state index contributed by atoms with van der Waals surface area (Å²) in [5, 5.41) is 9.54. The first-order valence-electron chi connectivity index (χ1n) is 14.9. The molecule has 2 aromatic heterocycles. The lowest BCUT2D eigenvalue weighted by Gasteiger charge is -2.45. The van der Waals surface area contributed by atoms with Crippen molar-refractivity contribution >= 4 is 33.4 Å². The Bertz CT molecular complexity index is 1510. The van der Waals surface area contributed by atoms with Crippen LogP contribution in [-0.2, 0) is 5.54 Å². The third-order valence-corrected chi connectivity index (χ3v) is 9.96. The summed E-state index contributed by atoms with van der Waals surface area (Å²) in [5.41, 5.74) is 4.12. The summed E-state index contributed by atoms with van der Waals surface area (Å²) in [4.78, 5) is 16.6. The smallest absolute Gasteiger partial charge is 0.130 e. The number of aliphatic imine (C=N–C) groups is 1.